The van der Waals surface area contributed by atoms with E-state index in [1.165, 1.54) is 0 Å². The van der Waals surface area contributed by atoms with Gasteiger partial charge in [0.05, 0.1) is 0 Å². The Morgan fingerprint density at radius 1 is 1.00 bits per heavy atom. The normalized spacial score (nSPS) is 8.43. The average Bonchev–Trinajstić information content (AvgIpc) is 0.722. The van der Waals surface area contributed by atoms with Crippen molar-refractivity contribution in [3.05, 3.63) is 0 Å². The van der Waals surface area contributed by atoms with Gasteiger partial charge in [-0.1, -0.05) is 0 Å². The molecule has 0 bridgehead atoms. The molecule has 0 heterocycles. The summed E-state index contributed by atoms with van der Waals surface area (Å²) in [5, 5.41) is -3.22. The van der Waals surface area contributed by atoms with Crippen molar-refractivity contribution in [2.75, 3.05) is 0 Å². The van der Waals surface area contributed by atoms with Crippen molar-refractivity contribution in [3.63, 3.8) is 0 Å². The molecule has 0 fully saturated rings. The van der Waals surface area contributed by atoms with Crippen LogP contribution < -0.4 is 0 Å². The van der Waals surface area contributed by atoms with Crippen LogP contribution in [0.15, 0.2) is 0 Å². The Labute approximate surface area is 68.3 Å². The molecule has 0 N–H and O–H groups in total. The molecule has 0 saturated carbocycles. The summed E-state index contributed by atoms with van der Waals surface area (Å²) in [7, 11) is 0. The Morgan fingerprint density at radius 3 is 1.00 bits per heavy atom. The molecule has 7 heteroatoms. The van der Waals surface area contributed by atoms with Gasteiger partial charge in [0.15, 0.2) is 0 Å². The van der Waals surface area contributed by atoms with Gasteiger partial charge in [-0.2, -0.15) is 0 Å². The minimum Gasteiger partial charge on any atom is -0.271 e. The van der Waals surface area contributed by atoms with Crippen molar-refractivity contribution in [2.24, 2.45) is 0 Å². The number of rotatable bonds is 0. The van der Waals surface area contributed by atoms with Gasteiger partial charge >= 0.3 is 5.20 Å². The summed E-state index contributed by atoms with van der Waals surface area (Å²) in [6.45, 7) is 0. The first-order valence-electron chi connectivity index (χ1n) is 0.690. The molecule has 1 nitrogen and oxygen atoms in total. The van der Waals surface area contributed by atoms with Crippen LogP contribution in [0.5, 0.6) is 0 Å². The van der Waals surface area contributed by atoms with Crippen LogP contribution in [0, 0.1) is 0 Å². The van der Waals surface area contributed by atoms with E-state index in [1.54, 1.807) is 0 Å². The third-order valence-corrected chi connectivity index (χ3v) is 0. The molecule has 0 aliphatic heterocycles. The van der Waals surface area contributed by atoms with Gasteiger partial charge in [-0.25, -0.2) is 0 Å². The van der Waals surface area contributed by atoms with E-state index in [-0.39, 0.29) is 24.8 Å². The van der Waals surface area contributed by atoms with Crippen molar-refractivity contribution >= 4 is 63.7 Å². The van der Waals surface area contributed by atoms with Crippen molar-refractivity contribution in [1.29, 1.82) is 0 Å². The summed E-state index contributed by atoms with van der Waals surface area (Å²) >= 11 is 13.8. The zero-order valence-electron chi connectivity index (χ0n) is 2.81. The van der Waals surface area contributed by atoms with E-state index < -0.39 is 5.20 Å². The largest absolute Gasteiger partial charge is 0.339 e. The summed E-state index contributed by atoms with van der Waals surface area (Å²) in [4.78, 5) is 0. The van der Waals surface area contributed by atoms with Gasteiger partial charge in [0.2, 0.25) is 0 Å². The summed E-state index contributed by atoms with van der Waals surface area (Å²) < 4.78 is 9.51. The van der Waals surface area contributed by atoms with Gasteiger partial charge in [-0.3, -0.25) is 4.57 Å². The molecule has 7 heavy (non-hydrogen) atoms. The van der Waals surface area contributed by atoms with Crippen LogP contribution in [0.1, 0.15) is 0 Å². The topological polar surface area (TPSA) is 17.1 Å². The lowest BCUT2D eigenvalue weighted by Crippen LogP contribution is -1.19. The number of hydrogen-bond acceptors (Lipinski definition) is 1. The van der Waals surface area contributed by atoms with Gasteiger partial charge in [-0.05, 0) is 33.7 Å². The van der Waals surface area contributed by atoms with E-state index in [0.29, 0.717) is 0 Å². The molecule has 0 atom stereocenters. The summed E-state index contributed by atoms with van der Waals surface area (Å²) in [6, 6.07) is 0. The Bertz CT molecular complexity index is 54.2. The van der Waals surface area contributed by atoms with Gasteiger partial charge in [0, 0.05) is 0 Å². The number of halogens is 5. The van der Waals surface area contributed by atoms with E-state index in [4.69, 9.17) is 0 Å². The minimum absolute atomic E-state index is 0. The van der Waals surface area contributed by atoms with Crippen molar-refractivity contribution < 1.29 is 4.57 Å². The molecule has 0 amide bonds. The first-order chi connectivity index (χ1) is 2.00. The number of hydrogen-bond donors (Lipinski definition) is 0. The molecule has 0 aromatic carbocycles. The molecule has 0 aliphatic rings. The van der Waals surface area contributed by atoms with Gasteiger partial charge in [-0.15, -0.1) is 24.8 Å². The van der Waals surface area contributed by atoms with E-state index in [0.717, 1.165) is 0 Å². The Hall–Kier alpha value is 1.68. The van der Waals surface area contributed by atoms with E-state index >= 15 is 0 Å². The highest BCUT2D eigenvalue weighted by Crippen LogP contribution is 2.61. The van der Waals surface area contributed by atoms with Gasteiger partial charge in [0.25, 0.3) is 0 Å². The van der Waals surface area contributed by atoms with Crippen LogP contribution in [-0.2, 0) is 4.57 Å². The lowest BCUT2D eigenvalue weighted by Gasteiger charge is -1.74. The maximum Gasteiger partial charge on any atom is 0.339 e. The van der Waals surface area contributed by atoms with Crippen molar-refractivity contribution in [1.82, 2.24) is 0 Å². The molecule has 0 radical (unpaired) electrons. The molecule has 0 aromatic rings. The Morgan fingerprint density at radius 2 is 1.00 bits per heavy atom. The van der Waals surface area contributed by atoms with Crippen LogP contribution in [-0.4, -0.2) is 0 Å². The van der Waals surface area contributed by atoms with E-state index in [1.807, 2.05) is 0 Å². The zero-order valence-corrected chi connectivity index (χ0v) is 7.60. The molecular formula is H2Cl5OP. The summed E-state index contributed by atoms with van der Waals surface area (Å²) in [6.07, 6.45) is 0. The Kier molecular flexibility index (Phi) is 13.2. The predicted molar refractivity (Wildman–Crippen MR) is 39.7 cm³/mol. The second-order valence-corrected chi connectivity index (χ2v) is 7.04. The third-order valence-electron chi connectivity index (χ3n) is 0. The molecule has 0 aromatic heterocycles. The predicted octanol–water partition coefficient (Wildman–Crippen LogP) is 3.65. The zero-order chi connectivity index (χ0) is 4.50. The molecule has 0 saturated heterocycles. The van der Waals surface area contributed by atoms with Gasteiger partial charge in [0.1, 0.15) is 0 Å². The minimum atomic E-state index is -3.22. The fraction of sp³-hybridized carbons (Fsp3) is 0. The average molecular weight is 226 g/mol. The first-order valence-corrected chi connectivity index (χ1v) is 5.11. The van der Waals surface area contributed by atoms with Crippen LogP contribution in [0.25, 0.3) is 0 Å². The van der Waals surface area contributed by atoms with Gasteiger partial charge < -0.3 is 0 Å². The van der Waals surface area contributed by atoms with E-state index in [2.05, 4.69) is 33.7 Å². The summed E-state index contributed by atoms with van der Waals surface area (Å²) in [5.41, 5.74) is 0. The second kappa shape index (κ2) is 5.81. The first kappa shape index (κ1) is 15.9. The fourth-order valence-electron chi connectivity index (χ4n) is 0. The highest BCUT2D eigenvalue weighted by atomic mass is 36.0. The molecule has 0 rings (SSSR count). The molecule has 0 aliphatic carbocycles. The molecular weight excluding hydrogens is 224 g/mol. The van der Waals surface area contributed by atoms with Crippen molar-refractivity contribution in [3.8, 4) is 0 Å². The van der Waals surface area contributed by atoms with E-state index in [9.17, 15) is 4.57 Å². The third kappa shape index (κ3) is 87.8. The van der Waals surface area contributed by atoms with Crippen LogP contribution in [0.2, 0.25) is 0 Å². The monoisotopic (exact) mass is 224 g/mol. The molecule has 48 valence electrons. The summed E-state index contributed by atoms with van der Waals surface area (Å²) in [5.74, 6) is 0. The quantitative estimate of drug-likeness (QED) is 0.576. The Balaban J connectivity index is -0.0000000800. The smallest absolute Gasteiger partial charge is 0.271 e. The van der Waals surface area contributed by atoms with Crippen LogP contribution in [0.4, 0.5) is 0 Å². The SMILES string of the molecule is Cl.Cl.O=P(Cl)(Cl)Cl. The molecule has 0 spiro atoms. The maximum atomic E-state index is 9.51. The highest BCUT2D eigenvalue weighted by molar-refractivity contribution is 8.24. The standard InChI is InChI=1S/Cl3OP.2ClH/c1-5(2,3)4;;/h;2*1H. The van der Waals surface area contributed by atoms with Crippen molar-refractivity contribution in [2.45, 2.75) is 0 Å². The lowest BCUT2D eigenvalue weighted by atomic mass is 16.0. The van der Waals surface area contributed by atoms with Crippen LogP contribution >= 0.6 is 63.7 Å². The highest BCUT2D eigenvalue weighted by Gasteiger charge is 2.02. The molecule has 0 unspecified atom stereocenters. The maximum absolute atomic E-state index is 9.51. The fourth-order valence-corrected chi connectivity index (χ4v) is 0. The lowest BCUT2D eigenvalue weighted by molar-refractivity contribution is 0.600. The van der Waals surface area contributed by atoms with Crippen LogP contribution in [0.3, 0.4) is 0 Å². The second-order valence-electron chi connectivity index (χ2n) is 0.399.